The molecule has 0 saturated carbocycles. The fourth-order valence-corrected chi connectivity index (χ4v) is 2.15. The van der Waals surface area contributed by atoms with Gasteiger partial charge in [0, 0.05) is 18.4 Å². The van der Waals surface area contributed by atoms with Crippen molar-refractivity contribution in [3.8, 4) is 0 Å². The molecule has 0 spiro atoms. The van der Waals surface area contributed by atoms with Gasteiger partial charge in [-0.15, -0.1) is 0 Å². The molecule has 0 radical (unpaired) electrons. The average molecular weight is 235 g/mol. The third-order valence-electron chi connectivity index (χ3n) is 1.83. The van der Waals surface area contributed by atoms with Crippen LogP contribution in [0.1, 0.15) is 20.8 Å². The number of aliphatic carboxylic acids is 1. The zero-order valence-corrected chi connectivity index (χ0v) is 10.4. The summed E-state index contributed by atoms with van der Waals surface area (Å²) in [5.74, 6) is 0.745. The van der Waals surface area contributed by atoms with Crippen molar-refractivity contribution in [2.45, 2.75) is 32.9 Å². The average Bonchev–Trinajstić information content (AvgIpc) is 2.15. The molecule has 90 valence electrons. The first-order valence-electron chi connectivity index (χ1n) is 5.14. The molecule has 0 aromatic carbocycles. The fraction of sp³-hybridized carbons (Fsp3) is 0.900. The van der Waals surface area contributed by atoms with E-state index >= 15 is 0 Å². The van der Waals surface area contributed by atoms with Gasteiger partial charge in [0.15, 0.2) is 0 Å². The van der Waals surface area contributed by atoms with Gasteiger partial charge in [-0.05, 0) is 11.7 Å². The molecule has 4 nitrogen and oxygen atoms in total. The normalized spacial score (nSPS) is 15.3. The topological polar surface area (TPSA) is 69.6 Å². The molecule has 2 unspecified atom stereocenters. The van der Waals surface area contributed by atoms with Gasteiger partial charge >= 0.3 is 5.97 Å². The van der Waals surface area contributed by atoms with Crippen LogP contribution in [0.3, 0.4) is 0 Å². The van der Waals surface area contributed by atoms with Gasteiger partial charge < -0.3 is 15.5 Å². The predicted molar refractivity (Wildman–Crippen MR) is 63.3 cm³/mol. The number of carboxylic acids is 1. The number of aliphatic hydroxyl groups is 1. The molecular formula is C10H21NO3S. The number of aliphatic hydroxyl groups excluding tert-OH is 1. The summed E-state index contributed by atoms with van der Waals surface area (Å²) in [7, 11) is 0. The molecule has 0 heterocycles. The Hall–Kier alpha value is -0.260. The third-order valence-corrected chi connectivity index (χ3v) is 3.20. The Morgan fingerprint density at radius 3 is 2.33 bits per heavy atom. The molecule has 3 N–H and O–H groups in total. The third kappa shape index (κ3) is 7.64. The van der Waals surface area contributed by atoms with Crippen molar-refractivity contribution >= 4 is 17.7 Å². The Bertz CT molecular complexity index is 188. The molecule has 0 saturated heterocycles. The van der Waals surface area contributed by atoms with Crippen LogP contribution in [0.15, 0.2) is 0 Å². The van der Waals surface area contributed by atoms with E-state index in [1.165, 1.54) is 0 Å². The van der Waals surface area contributed by atoms with E-state index < -0.39 is 12.0 Å². The van der Waals surface area contributed by atoms with E-state index in [0.717, 1.165) is 5.75 Å². The molecule has 15 heavy (non-hydrogen) atoms. The number of hydrogen-bond acceptors (Lipinski definition) is 4. The first-order chi connectivity index (χ1) is 6.97. The van der Waals surface area contributed by atoms with Crippen LogP contribution in [0.2, 0.25) is 0 Å². The molecule has 0 aliphatic carbocycles. The molecule has 0 bridgehead atoms. The van der Waals surface area contributed by atoms with Crippen LogP contribution in [0.5, 0.6) is 0 Å². The maximum absolute atomic E-state index is 10.9. The number of hydrogen-bond donors (Lipinski definition) is 3. The minimum absolute atomic E-state index is 0.155. The highest BCUT2D eigenvalue weighted by Crippen LogP contribution is 2.09. The van der Waals surface area contributed by atoms with Gasteiger partial charge in [0.05, 0.1) is 0 Å². The van der Waals surface area contributed by atoms with Crippen LogP contribution in [-0.4, -0.2) is 46.4 Å². The highest BCUT2D eigenvalue weighted by atomic mass is 32.2. The molecule has 2 atom stereocenters. The summed E-state index contributed by atoms with van der Waals surface area (Å²) >= 11 is 1.56. The van der Waals surface area contributed by atoms with E-state index in [0.29, 0.717) is 5.75 Å². The van der Waals surface area contributed by atoms with Crippen molar-refractivity contribution in [2.24, 2.45) is 5.92 Å². The number of rotatable bonds is 8. The minimum atomic E-state index is -0.812. The van der Waals surface area contributed by atoms with Gasteiger partial charge in [0.1, 0.15) is 6.04 Å². The second-order valence-corrected chi connectivity index (χ2v) is 5.11. The molecule has 0 aliphatic heterocycles. The lowest BCUT2D eigenvalue weighted by atomic mass is 10.2. The van der Waals surface area contributed by atoms with E-state index in [1.807, 2.05) is 20.8 Å². The molecule has 0 aromatic rings. The van der Waals surface area contributed by atoms with Crippen molar-refractivity contribution in [1.82, 2.24) is 5.32 Å². The van der Waals surface area contributed by atoms with Crippen LogP contribution in [0, 0.1) is 5.92 Å². The second-order valence-electron chi connectivity index (χ2n) is 4.04. The lowest BCUT2D eigenvalue weighted by Crippen LogP contribution is -2.42. The molecule has 0 aromatic heterocycles. The number of thioether (sulfide) groups is 1. The molecule has 5 heteroatoms. The first-order valence-corrected chi connectivity index (χ1v) is 6.30. The van der Waals surface area contributed by atoms with Gasteiger partial charge in [0.2, 0.25) is 0 Å². The van der Waals surface area contributed by atoms with E-state index in [1.54, 1.807) is 11.8 Å². The molecular weight excluding hydrogens is 214 g/mol. The maximum Gasteiger partial charge on any atom is 0.321 e. The van der Waals surface area contributed by atoms with Crippen LogP contribution in [-0.2, 0) is 4.79 Å². The smallest absolute Gasteiger partial charge is 0.321 e. The molecule has 0 rings (SSSR count). The summed E-state index contributed by atoms with van der Waals surface area (Å²) in [5, 5.41) is 20.7. The van der Waals surface area contributed by atoms with Crippen LogP contribution in [0.4, 0.5) is 0 Å². The summed E-state index contributed by atoms with van der Waals surface area (Å²) < 4.78 is 0. The Labute approximate surface area is 95.4 Å². The summed E-state index contributed by atoms with van der Waals surface area (Å²) in [6.07, 6.45) is 0. The molecule has 0 amide bonds. The van der Waals surface area contributed by atoms with Gasteiger partial charge in [-0.2, -0.15) is 11.8 Å². The van der Waals surface area contributed by atoms with E-state index in [9.17, 15) is 4.79 Å². The quantitative estimate of drug-likeness (QED) is 0.580. The summed E-state index contributed by atoms with van der Waals surface area (Å²) in [4.78, 5) is 10.9. The van der Waals surface area contributed by atoms with E-state index in [2.05, 4.69) is 5.32 Å². The second kappa shape index (κ2) is 7.96. The number of carboxylic acid groups (broad SMARTS) is 1. The fourth-order valence-electron chi connectivity index (χ4n) is 1.03. The Kier molecular flexibility index (Phi) is 7.82. The van der Waals surface area contributed by atoms with Crippen LogP contribution < -0.4 is 5.32 Å². The van der Waals surface area contributed by atoms with E-state index in [-0.39, 0.29) is 18.6 Å². The Morgan fingerprint density at radius 2 is 1.93 bits per heavy atom. The Balaban J connectivity index is 3.81. The zero-order chi connectivity index (χ0) is 11.8. The van der Waals surface area contributed by atoms with Crippen LogP contribution >= 0.6 is 11.8 Å². The first kappa shape index (κ1) is 14.7. The number of nitrogens with one attached hydrogen (secondary N) is 1. The molecule has 0 aliphatic rings. The summed E-state index contributed by atoms with van der Waals surface area (Å²) in [6.45, 7) is 5.95. The van der Waals surface area contributed by atoms with Crippen LogP contribution in [0.25, 0.3) is 0 Å². The SMILES string of the molecule is CC(CO)CSCC(NC(C)C)C(=O)O. The summed E-state index contributed by atoms with van der Waals surface area (Å²) in [5.41, 5.74) is 0. The standard InChI is InChI=1S/C10H21NO3S/c1-7(2)11-9(10(13)14)6-15-5-8(3)4-12/h7-9,11-12H,4-6H2,1-3H3,(H,13,14). The van der Waals surface area contributed by atoms with Crippen molar-refractivity contribution in [3.63, 3.8) is 0 Å². The van der Waals surface area contributed by atoms with Gasteiger partial charge in [-0.1, -0.05) is 20.8 Å². The van der Waals surface area contributed by atoms with Crippen molar-refractivity contribution in [2.75, 3.05) is 18.1 Å². The van der Waals surface area contributed by atoms with E-state index in [4.69, 9.17) is 10.2 Å². The largest absolute Gasteiger partial charge is 0.480 e. The molecule has 0 fully saturated rings. The Morgan fingerprint density at radius 1 is 1.33 bits per heavy atom. The highest BCUT2D eigenvalue weighted by molar-refractivity contribution is 7.99. The van der Waals surface area contributed by atoms with Gasteiger partial charge in [0.25, 0.3) is 0 Å². The monoisotopic (exact) mass is 235 g/mol. The van der Waals surface area contributed by atoms with Gasteiger partial charge in [-0.3, -0.25) is 4.79 Å². The van der Waals surface area contributed by atoms with Crippen molar-refractivity contribution < 1.29 is 15.0 Å². The summed E-state index contributed by atoms with van der Waals surface area (Å²) in [6, 6.07) is -0.331. The lowest BCUT2D eigenvalue weighted by Gasteiger charge is -2.17. The maximum atomic E-state index is 10.9. The predicted octanol–water partition coefficient (Wildman–Crippen LogP) is 0.799. The highest BCUT2D eigenvalue weighted by Gasteiger charge is 2.17. The lowest BCUT2D eigenvalue weighted by molar-refractivity contribution is -0.139. The zero-order valence-electron chi connectivity index (χ0n) is 9.56. The van der Waals surface area contributed by atoms with Crippen molar-refractivity contribution in [1.29, 1.82) is 0 Å². The van der Waals surface area contributed by atoms with Crippen molar-refractivity contribution in [3.05, 3.63) is 0 Å². The minimum Gasteiger partial charge on any atom is -0.480 e. The number of carbonyl (C=O) groups is 1. The van der Waals surface area contributed by atoms with Gasteiger partial charge in [-0.25, -0.2) is 0 Å².